The van der Waals surface area contributed by atoms with Crippen LogP contribution in [0.2, 0.25) is 0 Å². The molecule has 0 aromatic carbocycles. The van der Waals surface area contributed by atoms with Crippen LogP contribution in [-0.2, 0) is 6.42 Å². The van der Waals surface area contributed by atoms with E-state index in [2.05, 4.69) is 22.5 Å². The molecule has 1 atom stereocenters. The number of nitrogens with one attached hydrogen (secondary N) is 2. The molecule has 0 radical (unpaired) electrons. The molecule has 0 aliphatic heterocycles. The Hall–Kier alpha value is -2.30. The van der Waals surface area contributed by atoms with Crippen molar-refractivity contribution in [1.29, 1.82) is 0 Å². The molecule has 0 saturated carbocycles. The van der Waals surface area contributed by atoms with E-state index >= 15 is 0 Å². The number of anilines is 1. The van der Waals surface area contributed by atoms with Gasteiger partial charge in [-0.25, -0.2) is 4.98 Å². The van der Waals surface area contributed by atoms with Crippen LogP contribution in [0.15, 0.2) is 41.1 Å². The van der Waals surface area contributed by atoms with Gasteiger partial charge in [-0.1, -0.05) is 6.92 Å². The lowest BCUT2D eigenvalue weighted by Gasteiger charge is -2.13. The zero-order chi connectivity index (χ0) is 15.1. The van der Waals surface area contributed by atoms with Gasteiger partial charge in [-0.05, 0) is 37.6 Å². The third kappa shape index (κ3) is 4.63. The lowest BCUT2D eigenvalue weighted by Crippen LogP contribution is -2.34. The van der Waals surface area contributed by atoms with Crippen molar-refractivity contribution >= 4 is 11.7 Å². The van der Waals surface area contributed by atoms with Gasteiger partial charge in [-0.2, -0.15) is 0 Å². The Balaban J connectivity index is 1.93. The van der Waals surface area contributed by atoms with Gasteiger partial charge in [0.2, 0.25) is 0 Å². The first kappa shape index (κ1) is 15.1. The first-order valence-electron chi connectivity index (χ1n) is 7.22. The Morgan fingerprint density at radius 1 is 1.43 bits per heavy atom. The molecule has 2 aromatic heterocycles. The third-order valence-corrected chi connectivity index (χ3v) is 3.04. The van der Waals surface area contributed by atoms with Crippen molar-refractivity contribution in [2.75, 3.05) is 11.9 Å². The van der Waals surface area contributed by atoms with Gasteiger partial charge in [0, 0.05) is 30.8 Å². The SMILES string of the molecule is CCCNc1cc(C(=O)NC(C)Cc2ccco2)ccn1. The minimum absolute atomic E-state index is 0.00358. The number of carbonyl (C=O) groups excluding carboxylic acids is 1. The highest BCUT2D eigenvalue weighted by molar-refractivity contribution is 5.94. The van der Waals surface area contributed by atoms with E-state index in [1.165, 1.54) is 0 Å². The number of furan rings is 1. The number of hydrogen-bond acceptors (Lipinski definition) is 4. The summed E-state index contributed by atoms with van der Waals surface area (Å²) in [6, 6.07) is 7.24. The minimum atomic E-state index is -0.101. The molecule has 2 heterocycles. The highest BCUT2D eigenvalue weighted by atomic mass is 16.3. The molecule has 5 heteroatoms. The van der Waals surface area contributed by atoms with Gasteiger partial charge in [0.15, 0.2) is 0 Å². The summed E-state index contributed by atoms with van der Waals surface area (Å²) in [7, 11) is 0. The topological polar surface area (TPSA) is 67.2 Å². The van der Waals surface area contributed by atoms with Crippen LogP contribution in [0, 0.1) is 0 Å². The summed E-state index contributed by atoms with van der Waals surface area (Å²) in [5.74, 6) is 1.49. The van der Waals surface area contributed by atoms with Gasteiger partial charge < -0.3 is 15.1 Å². The maximum absolute atomic E-state index is 12.2. The Bertz CT molecular complexity index is 567. The van der Waals surface area contributed by atoms with Crippen LogP contribution >= 0.6 is 0 Å². The molecule has 0 spiro atoms. The van der Waals surface area contributed by atoms with Gasteiger partial charge in [0.25, 0.3) is 5.91 Å². The van der Waals surface area contributed by atoms with E-state index < -0.39 is 0 Å². The molecule has 2 N–H and O–H groups in total. The van der Waals surface area contributed by atoms with Gasteiger partial charge in [-0.3, -0.25) is 4.79 Å². The molecule has 112 valence electrons. The fourth-order valence-corrected chi connectivity index (χ4v) is 2.01. The summed E-state index contributed by atoms with van der Waals surface area (Å²) < 4.78 is 5.28. The molecule has 0 fully saturated rings. The van der Waals surface area contributed by atoms with Crippen molar-refractivity contribution < 1.29 is 9.21 Å². The second-order valence-electron chi connectivity index (χ2n) is 5.01. The van der Waals surface area contributed by atoms with Crippen LogP contribution in [0.5, 0.6) is 0 Å². The van der Waals surface area contributed by atoms with Gasteiger partial charge in [0.05, 0.1) is 6.26 Å². The summed E-state index contributed by atoms with van der Waals surface area (Å²) in [5.41, 5.74) is 0.606. The number of aromatic nitrogens is 1. The van der Waals surface area contributed by atoms with Crippen LogP contribution in [-0.4, -0.2) is 23.5 Å². The van der Waals surface area contributed by atoms with Crippen molar-refractivity contribution in [3.63, 3.8) is 0 Å². The molecule has 0 aliphatic rings. The van der Waals surface area contributed by atoms with E-state index in [1.807, 2.05) is 19.1 Å². The first-order valence-corrected chi connectivity index (χ1v) is 7.22. The molecule has 0 aliphatic carbocycles. The Morgan fingerprint density at radius 2 is 2.29 bits per heavy atom. The lowest BCUT2D eigenvalue weighted by atomic mass is 10.1. The van der Waals surface area contributed by atoms with E-state index in [1.54, 1.807) is 24.6 Å². The number of nitrogens with zero attached hydrogens (tertiary/aromatic N) is 1. The summed E-state index contributed by atoms with van der Waals surface area (Å²) in [4.78, 5) is 16.4. The molecule has 5 nitrogen and oxygen atoms in total. The van der Waals surface area contributed by atoms with Crippen molar-refractivity contribution in [1.82, 2.24) is 10.3 Å². The fraction of sp³-hybridized carbons (Fsp3) is 0.375. The summed E-state index contributed by atoms with van der Waals surface area (Å²) in [6.07, 6.45) is 4.96. The molecule has 1 amide bonds. The molecule has 2 aromatic rings. The maximum Gasteiger partial charge on any atom is 0.251 e. The van der Waals surface area contributed by atoms with Gasteiger partial charge >= 0.3 is 0 Å². The molecule has 0 bridgehead atoms. The van der Waals surface area contributed by atoms with E-state index in [0.717, 1.165) is 24.5 Å². The van der Waals surface area contributed by atoms with E-state index in [0.29, 0.717) is 12.0 Å². The second kappa shape index (κ2) is 7.47. The number of carbonyl (C=O) groups is 1. The van der Waals surface area contributed by atoms with Gasteiger partial charge in [-0.15, -0.1) is 0 Å². The zero-order valence-electron chi connectivity index (χ0n) is 12.4. The molecule has 21 heavy (non-hydrogen) atoms. The van der Waals surface area contributed by atoms with Crippen LogP contribution < -0.4 is 10.6 Å². The Kier molecular flexibility index (Phi) is 5.37. The average Bonchev–Trinajstić information content (AvgIpc) is 2.98. The Labute approximate surface area is 124 Å². The smallest absolute Gasteiger partial charge is 0.251 e. The average molecular weight is 287 g/mol. The lowest BCUT2D eigenvalue weighted by molar-refractivity contribution is 0.0939. The third-order valence-electron chi connectivity index (χ3n) is 3.04. The quantitative estimate of drug-likeness (QED) is 0.821. The van der Waals surface area contributed by atoms with Gasteiger partial charge in [0.1, 0.15) is 11.6 Å². The standard InChI is InChI=1S/C16H21N3O2/c1-3-7-17-15-11-13(6-8-18-15)16(20)19-12(2)10-14-5-4-9-21-14/h4-6,8-9,11-12H,3,7,10H2,1-2H3,(H,17,18)(H,19,20). The molecule has 0 saturated heterocycles. The number of amides is 1. The summed E-state index contributed by atoms with van der Waals surface area (Å²) in [6.45, 7) is 4.88. The first-order chi connectivity index (χ1) is 10.2. The van der Waals surface area contributed by atoms with Crippen LogP contribution in [0.3, 0.4) is 0 Å². The van der Waals surface area contributed by atoms with Crippen molar-refractivity contribution in [3.8, 4) is 0 Å². The zero-order valence-corrected chi connectivity index (χ0v) is 12.4. The number of pyridine rings is 1. The normalized spacial score (nSPS) is 11.9. The van der Waals surface area contributed by atoms with Crippen LogP contribution in [0.4, 0.5) is 5.82 Å². The summed E-state index contributed by atoms with van der Waals surface area (Å²) >= 11 is 0. The van der Waals surface area contributed by atoms with Crippen molar-refractivity contribution in [2.45, 2.75) is 32.7 Å². The molecular formula is C16H21N3O2. The number of hydrogen-bond donors (Lipinski definition) is 2. The molecule has 2 rings (SSSR count). The van der Waals surface area contributed by atoms with Crippen LogP contribution in [0.1, 0.15) is 36.4 Å². The highest BCUT2D eigenvalue weighted by Crippen LogP contribution is 2.08. The Morgan fingerprint density at radius 3 is 3.00 bits per heavy atom. The monoisotopic (exact) mass is 287 g/mol. The largest absolute Gasteiger partial charge is 0.469 e. The predicted octanol–water partition coefficient (Wildman–Crippen LogP) is 2.86. The van der Waals surface area contributed by atoms with Crippen LogP contribution in [0.25, 0.3) is 0 Å². The summed E-state index contributed by atoms with van der Waals surface area (Å²) in [5, 5.41) is 6.14. The maximum atomic E-state index is 12.2. The van der Waals surface area contributed by atoms with Crippen molar-refractivity contribution in [2.24, 2.45) is 0 Å². The predicted molar refractivity (Wildman–Crippen MR) is 82.4 cm³/mol. The van der Waals surface area contributed by atoms with E-state index in [-0.39, 0.29) is 11.9 Å². The minimum Gasteiger partial charge on any atom is -0.469 e. The number of rotatable bonds is 7. The second-order valence-corrected chi connectivity index (χ2v) is 5.01. The fourth-order valence-electron chi connectivity index (χ4n) is 2.01. The van der Waals surface area contributed by atoms with E-state index in [4.69, 9.17) is 4.42 Å². The molecule has 1 unspecified atom stereocenters. The van der Waals surface area contributed by atoms with Crippen molar-refractivity contribution in [3.05, 3.63) is 48.0 Å². The van der Waals surface area contributed by atoms with E-state index in [9.17, 15) is 4.79 Å². The highest BCUT2D eigenvalue weighted by Gasteiger charge is 2.12. The molecular weight excluding hydrogens is 266 g/mol.